The summed E-state index contributed by atoms with van der Waals surface area (Å²) in [6.07, 6.45) is 0.273. The number of carboxylic acid groups (broad SMARTS) is 3. The molecule has 1 atom stereocenters. The summed E-state index contributed by atoms with van der Waals surface area (Å²) in [5, 5.41) is 32.3. The number of carbonyl (C=O) groups is 3. The molecule has 6 N–H and O–H groups in total. The maximum absolute atomic E-state index is 10.4. The van der Waals surface area contributed by atoms with E-state index in [9.17, 15) is 4.79 Å². The lowest BCUT2D eigenvalue weighted by atomic mass is 10.1. The van der Waals surface area contributed by atoms with Gasteiger partial charge in [0.05, 0.1) is 0 Å². The second-order valence-electron chi connectivity index (χ2n) is 3.85. The molecule has 21 heavy (non-hydrogen) atoms. The molecule has 8 nitrogen and oxygen atoms in total. The van der Waals surface area contributed by atoms with E-state index in [1.54, 1.807) is 12.1 Å². The number of benzene rings is 1. The molecule has 0 aliphatic rings. The second-order valence-corrected chi connectivity index (χ2v) is 3.85. The van der Waals surface area contributed by atoms with Crippen LogP contribution in [0.2, 0.25) is 0 Å². The molecule has 0 bridgehead atoms. The monoisotopic (exact) mass is 301 g/mol. The Morgan fingerprint density at radius 1 is 1.00 bits per heavy atom. The highest BCUT2D eigenvalue weighted by atomic mass is 16.4. The average Bonchev–Trinajstić information content (AvgIpc) is 2.30. The van der Waals surface area contributed by atoms with E-state index in [1.807, 2.05) is 0 Å². The molecule has 1 rings (SSSR count). The first-order valence-corrected chi connectivity index (χ1v) is 5.71. The summed E-state index contributed by atoms with van der Waals surface area (Å²) < 4.78 is 0. The first-order valence-electron chi connectivity index (χ1n) is 5.71. The molecule has 0 fully saturated rings. The van der Waals surface area contributed by atoms with Gasteiger partial charge < -0.3 is 26.2 Å². The minimum atomic E-state index is -1.02. The number of rotatable bonds is 3. The van der Waals surface area contributed by atoms with Crippen molar-refractivity contribution in [3.05, 3.63) is 29.8 Å². The molecule has 0 aromatic heterocycles. The summed E-state index contributed by atoms with van der Waals surface area (Å²) in [7, 11) is 0. The van der Waals surface area contributed by atoms with Crippen molar-refractivity contribution in [1.82, 2.24) is 0 Å². The molecule has 0 saturated carbocycles. The van der Waals surface area contributed by atoms with E-state index < -0.39 is 23.9 Å². The Balaban J connectivity index is 0. The predicted molar refractivity (Wildman–Crippen MR) is 74.0 cm³/mol. The van der Waals surface area contributed by atoms with Crippen molar-refractivity contribution in [2.45, 2.75) is 26.3 Å². The first kappa shape index (κ1) is 20.7. The molecule has 1 unspecified atom stereocenters. The van der Waals surface area contributed by atoms with Gasteiger partial charge in [0.1, 0.15) is 11.8 Å². The Morgan fingerprint density at radius 3 is 1.62 bits per heavy atom. The van der Waals surface area contributed by atoms with Crippen molar-refractivity contribution in [2.75, 3.05) is 0 Å². The van der Waals surface area contributed by atoms with Gasteiger partial charge in [0.25, 0.3) is 11.9 Å². The van der Waals surface area contributed by atoms with E-state index in [0.29, 0.717) is 0 Å². The maximum Gasteiger partial charge on any atom is 0.320 e. The van der Waals surface area contributed by atoms with Gasteiger partial charge in [-0.05, 0) is 24.1 Å². The van der Waals surface area contributed by atoms with Crippen LogP contribution in [-0.2, 0) is 20.8 Å². The third-order valence-electron chi connectivity index (χ3n) is 1.71. The Labute approximate surface area is 121 Å². The van der Waals surface area contributed by atoms with E-state index >= 15 is 0 Å². The smallest absolute Gasteiger partial charge is 0.320 e. The fourth-order valence-corrected chi connectivity index (χ4v) is 0.973. The highest BCUT2D eigenvalue weighted by molar-refractivity contribution is 5.73. The fraction of sp³-hybridized carbons (Fsp3) is 0.308. The highest BCUT2D eigenvalue weighted by Gasteiger charge is 2.11. The van der Waals surface area contributed by atoms with E-state index in [1.165, 1.54) is 12.1 Å². The zero-order valence-corrected chi connectivity index (χ0v) is 11.7. The molecule has 0 heterocycles. The van der Waals surface area contributed by atoms with Crippen LogP contribution in [0.1, 0.15) is 19.4 Å². The molecule has 0 saturated heterocycles. The van der Waals surface area contributed by atoms with E-state index in [-0.39, 0.29) is 12.2 Å². The van der Waals surface area contributed by atoms with E-state index in [2.05, 4.69) is 0 Å². The van der Waals surface area contributed by atoms with Gasteiger partial charge in [0.2, 0.25) is 0 Å². The van der Waals surface area contributed by atoms with E-state index in [0.717, 1.165) is 19.4 Å². The van der Waals surface area contributed by atoms with Crippen molar-refractivity contribution >= 4 is 17.9 Å². The summed E-state index contributed by atoms with van der Waals surface area (Å²) in [6.45, 7) is 2.17. The van der Waals surface area contributed by atoms with Crippen LogP contribution in [-0.4, -0.2) is 44.4 Å². The van der Waals surface area contributed by atoms with Gasteiger partial charge >= 0.3 is 5.97 Å². The minimum absolute atomic E-state index is 0.160. The Morgan fingerprint density at radius 2 is 1.33 bits per heavy atom. The predicted octanol–water partition coefficient (Wildman–Crippen LogP) is 0.528. The number of carboxylic acids is 3. The van der Waals surface area contributed by atoms with Crippen LogP contribution in [0.4, 0.5) is 0 Å². The van der Waals surface area contributed by atoms with Crippen LogP contribution in [0.15, 0.2) is 24.3 Å². The van der Waals surface area contributed by atoms with Crippen LogP contribution in [0.3, 0.4) is 0 Å². The van der Waals surface area contributed by atoms with Gasteiger partial charge in [-0.25, -0.2) is 0 Å². The molecule has 0 aliphatic carbocycles. The van der Waals surface area contributed by atoms with Crippen LogP contribution in [0.5, 0.6) is 5.75 Å². The van der Waals surface area contributed by atoms with Gasteiger partial charge in [-0.2, -0.15) is 0 Å². The molecule has 8 heteroatoms. The third kappa shape index (κ3) is 17.4. The van der Waals surface area contributed by atoms with Gasteiger partial charge in [0.15, 0.2) is 0 Å². The zero-order chi connectivity index (χ0) is 17.0. The second kappa shape index (κ2) is 11.2. The van der Waals surface area contributed by atoms with Crippen molar-refractivity contribution < 1.29 is 34.8 Å². The van der Waals surface area contributed by atoms with Gasteiger partial charge in [-0.1, -0.05) is 12.1 Å². The quantitative estimate of drug-likeness (QED) is 0.540. The molecule has 1 aromatic carbocycles. The highest BCUT2D eigenvalue weighted by Crippen LogP contribution is 2.10. The number of nitrogens with two attached hydrogens (primary N) is 1. The zero-order valence-electron chi connectivity index (χ0n) is 11.7. The summed E-state index contributed by atoms with van der Waals surface area (Å²) in [4.78, 5) is 28.4. The Hall–Kier alpha value is -2.61. The third-order valence-corrected chi connectivity index (χ3v) is 1.71. The number of hydrogen-bond acceptors (Lipinski definition) is 5. The lowest BCUT2D eigenvalue weighted by Crippen LogP contribution is -2.32. The molecular formula is C13H19NO7. The standard InChI is InChI=1S/C9H11NO3.2C2H4O2/c10-8(9(12)13)5-6-1-3-7(11)4-2-6;2*1-2(3)4/h1-4,8,11H,5,10H2,(H,12,13);2*1H3,(H,3,4). The summed E-state index contributed by atoms with van der Waals surface area (Å²) in [5.74, 6) is -2.53. The van der Waals surface area contributed by atoms with Crippen LogP contribution < -0.4 is 5.73 Å². The Bertz CT molecular complexity index is 436. The van der Waals surface area contributed by atoms with Gasteiger partial charge in [-0.3, -0.25) is 14.4 Å². The molecule has 0 amide bonds. The van der Waals surface area contributed by atoms with Crippen molar-refractivity contribution in [3.8, 4) is 5.75 Å². The van der Waals surface area contributed by atoms with Crippen molar-refractivity contribution in [3.63, 3.8) is 0 Å². The lowest BCUT2D eigenvalue weighted by Gasteiger charge is -2.05. The fourth-order valence-electron chi connectivity index (χ4n) is 0.973. The molecule has 0 aliphatic heterocycles. The van der Waals surface area contributed by atoms with E-state index in [4.69, 9.17) is 35.7 Å². The minimum Gasteiger partial charge on any atom is -0.508 e. The normalized spacial score (nSPS) is 10.0. The van der Waals surface area contributed by atoms with Crippen LogP contribution in [0, 0.1) is 0 Å². The number of phenols is 1. The summed E-state index contributed by atoms with van der Waals surface area (Å²) in [5.41, 5.74) is 6.12. The first-order chi connectivity index (χ1) is 9.56. The molecular weight excluding hydrogens is 282 g/mol. The molecule has 118 valence electrons. The Kier molecular flexibility index (Phi) is 11.1. The number of aromatic hydroxyl groups is 1. The molecule has 0 spiro atoms. The molecule has 0 radical (unpaired) electrons. The topological polar surface area (TPSA) is 158 Å². The van der Waals surface area contributed by atoms with Crippen molar-refractivity contribution in [1.29, 1.82) is 0 Å². The maximum atomic E-state index is 10.4. The van der Waals surface area contributed by atoms with Crippen LogP contribution >= 0.6 is 0 Å². The summed E-state index contributed by atoms with van der Waals surface area (Å²) >= 11 is 0. The number of aliphatic carboxylic acids is 3. The summed E-state index contributed by atoms with van der Waals surface area (Å²) in [6, 6.07) is 5.42. The SMILES string of the molecule is CC(=O)O.CC(=O)O.NC(Cc1ccc(O)cc1)C(=O)O. The van der Waals surface area contributed by atoms with Gasteiger partial charge in [0, 0.05) is 13.8 Å². The number of phenolic OH excluding ortho intramolecular Hbond substituents is 1. The van der Waals surface area contributed by atoms with Crippen molar-refractivity contribution in [2.24, 2.45) is 5.73 Å². The average molecular weight is 301 g/mol. The van der Waals surface area contributed by atoms with Gasteiger partial charge in [-0.15, -0.1) is 0 Å². The number of hydrogen-bond donors (Lipinski definition) is 5. The van der Waals surface area contributed by atoms with Crippen LogP contribution in [0.25, 0.3) is 0 Å². The molecule has 1 aromatic rings. The lowest BCUT2D eigenvalue weighted by molar-refractivity contribution is -0.138. The largest absolute Gasteiger partial charge is 0.508 e.